The highest BCUT2D eigenvalue weighted by Crippen LogP contribution is 2.12. The minimum atomic E-state index is 1.04. The summed E-state index contributed by atoms with van der Waals surface area (Å²) < 4.78 is 0. The van der Waals surface area contributed by atoms with Crippen LogP contribution >= 0.6 is 0 Å². The van der Waals surface area contributed by atoms with Crippen LogP contribution in [0.1, 0.15) is 29.4 Å². The number of rotatable bonds is 1. The Balaban J connectivity index is 3.24. The SMILES string of the molecule is CCc1nc(C)cc(C)c1C. The standard InChI is InChI=1S/C10H15N/c1-5-10-9(4)7(2)6-8(3)11-10/h6H,5H2,1-4H3. The van der Waals surface area contributed by atoms with Crippen molar-refractivity contribution in [2.24, 2.45) is 0 Å². The second-order valence-corrected chi connectivity index (χ2v) is 3.01. The van der Waals surface area contributed by atoms with Crippen LogP contribution < -0.4 is 0 Å². The normalized spacial score (nSPS) is 10.2. The van der Waals surface area contributed by atoms with Crippen molar-refractivity contribution in [3.05, 3.63) is 28.6 Å². The number of nitrogens with zero attached hydrogens (tertiary/aromatic N) is 1. The smallest absolute Gasteiger partial charge is 0.0435 e. The molecule has 0 aliphatic heterocycles. The monoisotopic (exact) mass is 149 g/mol. The average molecular weight is 149 g/mol. The molecule has 1 aromatic rings. The van der Waals surface area contributed by atoms with Crippen molar-refractivity contribution in [2.45, 2.75) is 34.1 Å². The molecule has 0 amide bonds. The maximum atomic E-state index is 4.45. The summed E-state index contributed by atoms with van der Waals surface area (Å²) in [6.07, 6.45) is 1.04. The van der Waals surface area contributed by atoms with E-state index in [9.17, 15) is 0 Å². The van der Waals surface area contributed by atoms with E-state index in [0.717, 1.165) is 12.1 Å². The zero-order valence-corrected chi connectivity index (χ0v) is 7.73. The van der Waals surface area contributed by atoms with Gasteiger partial charge in [-0.1, -0.05) is 6.92 Å². The van der Waals surface area contributed by atoms with Gasteiger partial charge in [0.2, 0.25) is 0 Å². The number of aromatic nitrogens is 1. The van der Waals surface area contributed by atoms with E-state index in [4.69, 9.17) is 0 Å². The fourth-order valence-electron chi connectivity index (χ4n) is 1.32. The molecule has 0 saturated heterocycles. The lowest BCUT2D eigenvalue weighted by Crippen LogP contribution is -1.96. The molecule has 1 heterocycles. The van der Waals surface area contributed by atoms with Crippen molar-refractivity contribution in [1.29, 1.82) is 0 Å². The molecule has 0 radical (unpaired) electrons. The molecular weight excluding hydrogens is 134 g/mol. The van der Waals surface area contributed by atoms with Crippen molar-refractivity contribution in [1.82, 2.24) is 4.98 Å². The van der Waals surface area contributed by atoms with Crippen molar-refractivity contribution >= 4 is 0 Å². The summed E-state index contributed by atoms with van der Waals surface area (Å²) in [6, 6.07) is 2.13. The van der Waals surface area contributed by atoms with Crippen LogP contribution in [0.2, 0.25) is 0 Å². The molecule has 0 atom stereocenters. The van der Waals surface area contributed by atoms with Crippen LogP contribution in [0.25, 0.3) is 0 Å². The van der Waals surface area contributed by atoms with Gasteiger partial charge in [0.15, 0.2) is 0 Å². The first-order valence-corrected chi connectivity index (χ1v) is 4.09. The van der Waals surface area contributed by atoms with Gasteiger partial charge in [-0.15, -0.1) is 0 Å². The van der Waals surface area contributed by atoms with Gasteiger partial charge in [-0.3, -0.25) is 4.98 Å². The van der Waals surface area contributed by atoms with Crippen LogP contribution in [0.5, 0.6) is 0 Å². The number of hydrogen-bond donors (Lipinski definition) is 0. The highest BCUT2D eigenvalue weighted by atomic mass is 14.7. The Labute approximate surface area is 68.5 Å². The fourth-order valence-corrected chi connectivity index (χ4v) is 1.32. The molecule has 0 saturated carbocycles. The molecule has 0 aliphatic rings. The third-order valence-corrected chi connectivity index (χ3v) is 2.10. The van der Waals surface area contributed by atoms with Crippen LogP contribution in [-0.2, 0) is 6.42 Å². The summed E-state index contributed by atoms with van der Waals surface area (Å²) in [6.45, 7) is 8.48. The fraction of sp³-hybridized carbons (Fsp3) is 0.500. The zero-order valence-electron chi connectivity index (χ0n) is 7.73. The van der Waals surface area contributed by atoms with Gasteiger partial charge >= 0.3 is 0 Å². The van der Waals surface area contributed by atoms with E-state index in [1.54, 1.807) is 0 Å². The first-order chi connectivity index (χ1) is 5.15. The molecule has 0 N–H and O–H groups in total. The zero-order chi connectivity index (χ0) is 8.43. The summed E-state index contributed by atoms with van der Waals surface area (Å²) in [5.74, 6) is 0. The Hall–Kier alpha value is -0.850. The molecule has 0 unspecified atom stereocenters. The van der Waals surface area contributed by atoms with Crippen LogP contribution in [0.4, 0.5) is 0 Å². The molecule has 1 aromatic heterocycles. The van der Waals surface area contributed by atoms with E-state index in [1.807, 2.05) is 6.92 Å². The molecule has 0 fully saturated rings. The Bertz CT molecular complexity index is 264. The van der Waals surface area contributed by atoms with Crippen LogP contribution in [0, 0.1) is 20.8 Å². The van der Waals surface area contributed by atoms with Crippen molar-refractivity contribution < 1.29 is 0 Å². The second-order valence-electron chi connectivity index (χ2n) is 3.01. The molecule has 11 heavy (non-hydrogen) atoms. The number of hydrogen-bond acceptors (Lipinski definition) is 1. The van der Waals surface area contributed by atoms with E-state index in [-0.39, 0.29) is 0 Å². The van der Waals surface area contributed by atoms with Crippen LogP contribution in [0.3, 0.4) is 0 Å². The lowest BCUT2D eigenvalue weighted by atomic mass is 10.1. The largest absolute Gasteiger partial charge is 0.258 e. The summed E-state index contributed by atoms with van der Waals surface area (Å²) in [5, 5.41) is 0. The van der Waals surface area contributed by atoms with E-state index < -0.39 is 0 Å². The second kappa shape index (κ2) is 3.04. The molecular formula is C10H15N. The average Bonchev–Trinajstić information content (AvgIpc) is 1.96. The van der Waals surface area contributed by atoms with Crippen LogP contribution in [0.15, 0.2) is 6.07 Å². The quantitative estimate of drug-likeness (QED) is 0.598. The first-order valence-electron chi connectivity index (χ1n) is 4.09. The van der Waals surface area contributed by atoms with Gasteiger partial charge in [0.05, 0.1) is 0 Å². The van der Waals surface area contributed by atoms with Gasteiger partial charge in [0, 0.05) is 11.4 Å². The molecule has 0 aliphatic carbocycles. The summed E-state index contributed by atoms with van der Waals surface area (Å²) in [7, 11) is 0. The predicted octanol–water partition coefficient (Wildman–Crippen LogP) is 2.57. The maximum Gasteiger partial charge on any atom is 0.0435 e. The lowest BCUT2D eigenvalue weighted by molar-refractivity contribution is 0.969. The first kappa shape index (κ1) is 8.25. The highest BCUT2D eigenvalue weighted by Gasteiger charge is 2.00. The Morgan fingerprint density at radius 1 is 1.27 bits per heavy atom. The Kier molecular flexibility index (Phi) is 2.28. The third kappa shape index (κ3) is 1.59. The topological polar surface area (TPSA) is 12.9 Å². The summed E-state index contributed by atoms with van der Waals surface area (Å²) in [4.78, 5) is 4.45. The Morgan fingerprint density at radius 2 is 1.91 bits per heavy atom. The van der Waals surface area contributed by atoms with Gasteiger partial charge in [0.1, 0.15) is 0 Å². The lowest BCUT2D eigenvalue weighted by Gasteiger charge is -2.06. The maximum absolute atomic E-state index is 4.45. The summed E-state index contributed by atoms with van der Waals surface area (Å²) in [5.41, 5.74) is 5.07. The number of pyridine rings is 1. The molecule has 1 rings (SSSR count). The van der Waals surface area contributed by atoms with Gasteiger partial charge in [0.25, 0.3) is 0 Å². The third-order valence-electron chi connectivity index (χ3n) is 2.10. The Morgan fingerprint density at radius 3 is 2.45 bits per heavy atom. The molecule has 0 aromatic carbocycles. The van der Waals surface area contributed by atoms with E-state index in [2.05, 4.69) is 31.8 Å². The number of aryl methyl sites for hydroxylation is 3. The minimum absolute atomic E-state index is 1.04. The molecule has 60 valence electrons. The van der Waals surface area contributed by atoms with E-state index >= 15 is 0 Å². The van der Waals surface area contributed by atoms with Gasteiger partial charge in [-0.2, -0.15) is 0 Å². The summed E-state index contributed by atoms with van der Waals surface area (Å²) >= 11 is 0. The van der Waals surface area contributed by atoms with Crippen molar-refractivity contribution in [3.63, 3.8) is 0 Å². The highest BCUT2D eigenvalue weighted by molar-refractivity contribution is 5.30. The van der Waals surface area contributed by atoms with E-state index in [0.29, 0.717) is 0 Å². The van der Waals surface area contributed by atoms with Crippen molar-refractivity contribution in [3.8, 4) is 0 Å². The molecule has 0 spiro atoms. The van der Waals surface area contributed by atoms with Gasteiger partial charge < -0.3 is 0 Å². The van der Waals surface area contributed by atoms with Gasteiger partial charge in [-0.05, 0) is 44.4 Å². The minimum Gasteiger partial charge on any atom is -0.258 e. The van der Waals surface area contributed by atoms with E-state index in [1.165, 1.54) is 16.8 Å². The molecule has 1 nitrogen and oxygen atoms in total. The molecule has 0 bridgehead atoms. The van der Waals surface area contributed by atoms with Gasteiger partial charge in [-0.25, -0.2) is 0 Å². The van der Waals surface area contributed by atoms with Crippen molar-refractivity contribution in [2.75, 3.05) is 0 Å². The van der Waals surface area contributed by atoms with Crippen LogP contribution in [-0.4, -0.2) is 4.98 Å². The molecule has 1 heteroatoms. The predicted molar refractivity (Wildman–Crippen MR) is 47.8 cm³/mol.